The van der Waals surface area contributed by atoms with Crippen LogP contribution < -0.4 is 10.2 Å². The summed E-state index contributed by atoms with van der Waals surface area (Å²) in [4.78, 5) is 13.6. The molecule has 1 aromatic rings. The Morgan fingerprint density at radius 1 is 1.44 bits per heavy atom. The molecule has 18 heavy (non-hydrogen) atoms. The lowest BCUT2D eigenvalue weighted by atomic mass is 10.2. The molecule has 4 nitrogen and oxygen atoms in total. The normalized spacial score (nSPS) is 19.7. The van der Waals surface area contributed by atoms with Crippen molar-refractivity contribution in [2.45, 2.75) is 6.04 Å². The molecule has 1 aliphatic heterocycles. The zero-order valence-electron chi connectivity index (χ0n) is 9.95. The summed E-state index contributed by atoms with van der Waals surface area (Å²) in [5.74, 6) is -0.250. The van der Waals surface area contributed by atoms with Gasteiger partial charge in [0.2, 0.25) is 0 Å². The zero-order valence-corrected chi connectivity index (χ0v) is 11.5. The Labute approximate surface area is 116 Å². The highest BCUT2D eigenvalue weighted by Gasteiger charge is 2.26. The number of rotatable bonds is 2. The molecule has 0 bridgehead atoms. The summed E-state index contributed by atoms with van der Waals surface area (Å²) < 4.78 is 4.74. The van der Waals surface area contributed by atoms with Crippen LogP contribution in [0.15, 0.2) is 18.2 Å². The van der Waals surface area contributed by atoms with Crippen molar-refractivity contribution in [1.29, 1.82) is 0 Å². The van der Waals surface area contributed by atoms with Gasteiger partial charge in [-0.1, -0.05) is 23.2 Å². The Bertz CT molecular complexity index is 454. The molecule has 0 aromatic heterocycles. The molecule has 1 saturated heterocycles. The maximum atomic E-state index is 11.5. The van der Waals surface area contributed by atoms with Gasteiger partial charge in [0, 0.05) is 25.3 Å². The van der Waals surface area contributed by atoms with Crippen LogP contribution in [-0.2, 0) is 9.53 Å². The molecule has 1 N–H and O–H groups in total. The predicted octanol–water partition coefficient (Wildman–Crippen LogP) is 1.94. The summed E-state index contributed by atoms with van der Waals surface area (Å²) >= 11 is 11.9. The Morgan fingerprint density at radius 3 is 2.89 bits per heavy atom. The summed E-state index contributed by atoms with van der Waals surface area (Å²) in [6.07, 6.45) is 0. The highest BCUT2D eigenvalue weighted by molar-refractivity contribution is 6.42. The second-order valence-corrected chi connectivity index (χ2v) is 4.89. The van der Waals surface area contributed by atoms with Crippen LogP contribution in [0.4, 0.5) is 5.69 Å². The molecule has 1 atom stereocenters. The number of carbonyl (C=O) groups excluding carboxylic acids is 1. The van der Waals surface area contributed by atoms with Gasteiger partial charge in [-0.15, -0.1) is 0 Å². The van der Waals surface area contributed by atoms with Crippen LogP contribution in [0.25, 0.3) is 0 Å². The van der Waals surface area contributed by atoms with Gasteiger partial charge in [-0.25, -0.2) is 0 Å². The van der Waals surface area contributed by atoms with Crippen LogP contribution in [0.2, 0.25) is 10.0 Å². The summed E-state index contributed by atoms with van der Waals surface area (Å²) in [5, 5.41) is 4.16. The smallest absolute Gasteiger partial charge is 0.324 e. The van der Waals surface area contributed by atoms with Crippen molar-refractivity contribution in [3.05, 3.63) is 28.2 Å². The van der Waals surface area contributed by atoms with Crippen molar-refractivity contribution in [1.82, 2.24) is 5.32 Å². The van der Waals surface area contributed by atoms with Crippen molar-refractivity contribution in [3.8, 4) is 0 Å². The quantitative estimate of drug-likeness (QED) is 0.845. The largest absolute Gasteiger partial charge is 0.468 e. The van der Waals surface area contributed by atoms with E-state index in [1.807, 2.05) is 12.1 Å². The molecule has 1 aliphatic rings. The second kappa shape index (κ2) is 5.78. The highest BCUT2D eigenvalue weighted by atomic mass is 35.5. The molecule has 0 saturated carbocycles. The fourth-order valence-electron chi connectivity index (χ4n) is 1.97. The molecule has 0 aliphatic carbocycles. The first kappa shape index (κ1) is 13.5. The van der Waals surface area contributed by atoms with Crippen LogP contribution in [-0.4, -0.2) is 38.8 Å². The summed E-state index contributed by atoms with van der Waals surface area (Å²) in [5.41, 5.74) is 0.958. The van der Waals surface area contributed by atoms with E-state index < -0.39 is 0 Å². The average Bonchev–Trinajstić information content (AvgIpc) is 2.41. The molecule has 1 heterocycles. The lowest BCUT2D eigenvalue weighted by molar-refractivity contribution is -0.143. The summed E-state index contributed by atoms with van der Waals surface area (Å²) in [6.45, 7) is 2.09. The molecule has 2 rings (SSSR count). The van der Waals surface area contributed by atoms with Crippen LogP contribution in [0.3, 0.4) is 0 Å². The summed E-state index contributed by atoms with van der Waals surface area (Å²) in [7, 11) is 1.39. The number of hydrogen-bond donors (Lipinski definition) is 1. The van der Waals surface area contributed by atoms with E-state index in [-0.39, 0.29) is 12.0 Å². The molecular formula is C12H14Cl2N2O2. The number of benzene rings is 1. The number of nitrogens with zero attached hydrogens (tertiary/aromatic N) is 1. The van der Waals surface area contributed by atoms with E-state index >= 15 is 0 Å². The average molecular weight is 289 g/mol. The molecule has 0 radical (unpaired) electrons. The minimum absolute atomic E-state index is 0.250. The zero-order chi connectivity index (χ0) is 13.1. The van der Waals surface area contributed by atoms with E-state index in [0.29, 0.717) is 16.6 Å². The highest BCUT2D eigenvalue weighted by Crippen LogP contribution is 2.27. The van der Waals surface area contributed by atoms with E-state index in [1.54, 1.807) is 6.07 Å². The van der Waals surface area contributed by atoms with Crippen LogP contribution in [0, 0.1) is 0 Å². The van der Waals surface area contributed by atoms with Crippen LogP contribution in [0.5, 0.6) is 0 Å². The summed E-state index contributed by atoms with van der Waals surface area (Å²) in [6, 6.07) is 5.16. The lowest BCUT2D eigenvalue weighted by Gasteiger charge is -2.34. The van der Waals surface area contributed by atoms with Crippen molar-refractivity contribution in [3.63, 3.8) is 0 Å². The second-order valence-electron chi connectivity index (χ2n) is 4.07. The Kier molecular flexibility index (Phi) is 4.32. The third-order valence-electron chi connectivity index (χ3n) is 2.93. The van der Waals surface area contributed by atoms with E-state index in [2.05, 4.69) is 10.2 Å². The van der Waals surface area contributed by atoms with E-state index in [4.69, 9.17) is 27.9 Å². The third kappa shape index (κ3) is 2.88. The van der Waals surface area contributed by atoms with Gasteiger partial charge in [0.1, 0.15) is 6.04 Å². The Hall–Kier alpha value is -0.970. The number of nitrogens with one attached hydrogen (secondary N) is 1. The third-order valence-corrected chi connectivity index (χ3v) is 3.67. The van der Waals surface area contributed by atoms with Crippen LogP contribution in [0.1, 0.15) is 0 Å². The van der Waals surface area contributed by atoms with Crippen LogP contribution >= 0.6 is 23.2 Å². The molecule has 1 fully saturated rings. The number of carbonyl (C=O) groups is 1. The number of piperazine rings is 1. The lowest BCUT2D eigenvalue weighted by Crippen LogP contribution is -2.54. The number of halogens is 2. The van der Waals surface area contributed by atoms with Gasteiger partial charge in [0.25, 0.3) is 0 Å². The van der Waals surface area contributed by atoms with Gasteiger partial charge in [0.05, 0.1) is 17.2 Å². The number of ether oxygens (including phenoxy) is 1. The Morgan fingerprint density at radius 2 is 2.22 bits per heavy atom. The molecule has 1 unspecified atom stereocenters. The molecule has 1 aromatic carbocycles. The van der Waals surface area contributed by atoms with Gasteiger partial charge in [0.15, 0.2) is 0 Å². The number of esters is 1. The van der Waals surface area contributed by atoms with Gasteiger partial charge < -0.3 is 15.0 Å². The monoisotopic (exact) mass is 288 g/mol. The molecule has 98 valence electrons. The topological polar surface area (TPSA) is 41.6 Å². The van der Waals surface area contributed by atoms with Gasteiger partial charge in [-0.2, -0.15) is 0 Å². The molecule has 0 spiro atoms. The standard InChI is InChI=1S/C12H14Cl2N2O2/c1-18-12(17)11-7-16(5-4-15-11)8-2-3-9(13)10(14)6-8/h2-3,6,11,15H,4-5,7H2,1H3. The van der Waals surface area contributed by atoms with Crippen molar-refractivity contribution < 1.29 is 9.53 Å². The van der Waals surface area contributed by atoms with Crippen molar-refractivity contribution in [2.75, 3.05) is 31.6 Å². The maximum absolute atomic E-state index is 11.5. The molecule has 0 amide bonds. The maximum Gasteiger partial charge on any atom is 0.324 e. The minimum atomic E-state index is -0.307. The number of hydrogen-bond acceptors (Lipinski definition) is 4. The van der Waals surface area contributed by atoms with E-state index in [9.17, 15) is 4.79 Å². The van der Waals surface area contributed by atoms with Gasteiger partial charge in [-0.3, -0.25) is 4.79 Å². The number of anilines is 1. The number of methoxy groups -OCH3 is 1. The fourth-order valence-corrected chi connectivity index (χ4v) is 2.26. The molecular weight excluding hydrogens is 275 g/mol. The fraction of sp³-hybridized carbons (Fsp3) is 0.417. The first-order chi connectivity index (χ1) is 8.61. The predicted molar refractivity (Wildman–Crippen MR) is 72.5 cm³/mol. The van der Waals surface area contributed by atoms with Gasteiger partial charge in [-0.05, 0) is 18.2 Å². The van der Waals surface area contributed by atoms with Crippen molar-refractivity contribution >= 4 is 34.9 Å². The van der Waals surface area contributed by atoms with E-state index in [0.717, 1.165) is 18.8 Å². The first-order valence-electron chi connectivity index (χ1n) is 5.63. The SMILES string of the molecule is COC(=O)C1CN(c2ccc(Cl)c(Cl)c2)CCN1. The minimum Gasteiger partial charge on any atom is -0.468 e. The molecule has 6 heteroatoms. The Balaban J connectivity index is 2.13. The van der Waals surface area contributed by atoms with Gasteiger partial charge >= 0.3 is 5.97 Å². The van der Waals surface area contributed by atoms with E-state index in [1.165, 1.54) is 7.11 Å². The van der Waals surface area contributed by atoms with Crippen molar-refractivity contribution in [2.24, 2.45) is 0 Å². The first-order valence-corrected chi connectivity index (χ1v) is 6.38.